The molecule has 0 aliphatic carbocycles. The average molecular weight is 372 g/mol. The van der Waals surface area contributed by atoms with Gasteiger partial charge in [-0.2, -0.15) is 0 Å². The summed E-state index contributed by atoms with van der Waals surface area (Å²) in [5, 5.41) is 5.68. The predicted octanol–water partition coefficient (Wildman–Crippen LogP) is 4.53. The number of esters is 1. The maximum Gasteiger partial charge on any atom is 0.337 e. The second-order valence-electron chi connectivity index (χ2n) is 5.39. The molecule has 0 atom stereocenters. The average Bonchev–Trinajstić information content (AvgIpc) is 3.25. The number of thiophene rings is 1. The highest BCUT2D eigenvalue weighted by atomic mass is 32.1. The number of amides is 1. The molecule has 1 amide bonds. The molecule has 2 heterocycles. The van der Waals surface area contributed by atoms with Crippen LogP contribution in [0.3, 0.4) is 0 Å². The first kappa shape index (κ1) is 17.3. The van der Waals surface area contributed by atoms with E-state index >= 15 is 0 Å². The molecule has 0 saturated carbocycles. The van der Waals surface area contributed by atoms with Crippen LogP contribution < -0.4 is 5.32 Å². The minimum atomic E-state index is -0.440. The van der Waals surface area contributed by atoms with Gasteiger partial charge in [-0.25, -0.2) is 9.78 Å². The summed E-state index contributed by atoms with van der Waals surface area (Å²) >= 11 is 2.95. The molecular weight excluding hydrogens is 356 g/mol. The van der Waals surface area contributed by atoms with Gasteiger partial charge in [-0.15, -0.1) is 22.7 Å². The van der Waals surface area contributed by atoms with Crippen LogP contribution in [0.5, 0.6) is 0 Å². The third kappa shape index (κ3) is 3.62. The molecule has 1 aromatic carbocycles. The van der Waals surface area contributed by atoms with Crippen LogP contribution in [-0.2, 0) is 4.74 Å². The lowest BCUT2D eigenvalue weighted by molar-refractivity contribution is 0.0600. The topological polar surface area (TPSA) is 68.3 Å². The van der Waals surface area contributed by atoms with E-state index in [-0.39, 0.29) is 5.91 Å². The second-order valence-corrected chi connectivity index (χ2v) is 7.33. The first-order chi connectivity index (χ1) is 12.0. The molecule has 3 rings (SSSR count). The molecule has 7 heteroatoms. The first-order valence-electron chi connectivity index (χ1n) is 7.51. The van der Waals surface area contributed by atoms with E-state index in [0.717, 1.165) is 15.4 Å². The molecule has 0 radical (unpaired) electrons. The largest absolute Gasteiger partial charge is 0.465 e. The van der Waals surface area contributed by atoms with Crippen LogP contribution in [0.2, 0.25) is 0 Å². The van der Waals surface area contributed by atoms with Gasteiger partial charge in [0.15, 0.2) is 0 Å². The van der Waals surface area contributed by atoms with E-state index in [1.165, 1.54) is 18.4 Å². The van der Waals surface area contributed by atoms with Crippen LogP contribution >= 0.6 is 22.7 Å². The van der Waals surface area contributed by atoms with Crippen LogP contribution in [0, 0.1) is 13.8 Å². The Hall–Kier alpha value is -2.51. The minimum absolute atomic E-state index is 0.233. The Morgan fingerprint density at radius 3 is 2.68 bits per heavy atom. The lowest BCUT2D eigenvalue weighted by atomic mass is 10.1. The second kappa shape index (κ2) is 7.16. The number of methoxy groups -OCH3 is 1. The number of hydrogen-bond acceptors (Lipinski definition) is 6. The van der Waals surface area contributed by atoms with E-state index in [9.17, 15) is 9.59 Å². The van der Waals surface area contributed by atoms with Crippen molar-refractivity contribution in [1.82, 2.24) is 4.98 Å². The zero-order chi connectivity index (χ0) is 18.0. The summed E-state index contributed by atoms with van der Waals surface area (Å²) in [6.45, 7) is 3.69. The summed E-state index contributed by atoms with van der Waals surface area (Å²) in [7, 11) is 1.33. The van der Waals surface area contributed by atoms with Crippen LogP contribution in [0.25, 0.3) is 9.88 Å². The lowest BCUT2D eigenvalue weighted by Crippen LogP contribution is -2.13. The van der Waals surface area contributed by atoms with Gasteiger partial charge in [-0.05, 0) is 43.0 Å². The van der Waals surface area contributed by atoms with Gasteiger partial charge in [0.05, 0.1) is 23.2 Å². The molecule has 0 unspecified atom stereocenters. The molecular formula is C18H16N2O3S2. The van der Waals surface area contributed by atoms with Crippen molar-refractivity contribution < 1.29 is 14.3 Å². The number of nitrogens with zero attached hydrogens (tertiary/aromatic N) is 1. The Balaban J connectivity index is 1.87. The Morgan fingerprint density at radius 2 is 2.00 bits per heavy atom. The Morgan fingerprint density at radius 1 is 1.20 bits per heavy atom. The van der Waals surface area contributed by atoms with Gasteiger partial charge in [-0.3, -0.25) is 4.79 Å². The number of nitrogens with one attached hydrogen (secondary N) is 1. The van der Waals surface area contributed by atoms with Crippen molar-refractivity contribution in [3.63, 3.8) is 0 Å². The number of thiazole rings is 1. The molecule has 5 nitrogen and oxygen atoms in total. The predicted molar refractivity (Wildman–Crippen MR) is 101 cm³/mol. The summed E-state index contributed by atoms with van der Waals surface area (Å²) in [6.07, 6.45) is 0. The van der Waals surface area contributed by atoms with Crippen LogP contribution in [0.1, 0.15) is 31.3 Å². The quantitative estimate of drug-likeness (QED) is 0.683. The van der Waals surface area contributed by atoms with Crippen molar-refractivity contribution in [2.75, 3.05) is 12.4 Å². The van der Waals surface area contributed by atoms with Crippen molar-refractivity contribution in [2.45, 2.75) is 13.8 Å². The number of aromatic nitrogens is 1. The van der Waals surface area contributed by atoms with E-state index in [1.54, 1.807) is 29.5 Å². The van der Waals surface area contributed by atoms with Gasteiger partial charge < -0.3 is 10.1 Å². The standard InChI is InChI=1S/C18H16N2O3S2/c1-10-6-7-12(18(22)23-3)9-13(10)20-16(21)15-11(2)19-17(25-15)14-5-4-8-24-14/h4-9H,1-3H3,(H,20,21). The lowest BCUT2D eigenvalue weighted by Gasteiger charge is -2.09. The summed E-state index contributed by atoms with van der Waals surface area (Å²) in [5.41, 5.74) is 2.52. The third-order valence-electron chi connectivity index (χ3n) is 3.64. The normalized spacial score (nSPS) is 10.5. The molecule has 0 bridgehead atoms. The number of benzene rings is 1. The Kier molecular flexibility index (Phi) is 4.96. The van der Waals surface area contributed by atoms with E-state index in [2.05, 4.69) is 10.3 Å². The summed E-state index contributed by atoms with van der Waals surface area (Å²) in [6, 6.07) is 9.00. The van der Waals surface area contributed by atoms with E-state index < -0.39 is 5.97 Å². The number of ether oxygens (including phenoxy) is 1. The van der Waals surface area contributed by atoms with E-state index in [0.29, 0.717) is 21.8 Å². The fourth-order valence-corrected chi connectivity index (χ4v) is 4.05. The Labute approximate surface area is 153 Å². The molecule has 0 saturated heterocycles. The molecule has 2 aromatic heterocycles. The zero-order valence-corrected chi connectivity index (χ0v) is 15.6. The van der Waals surface area contributed by atoms with Crippen LogP contribution in [-0.4, -0.2) is 24.0 Å². The number of anilines is 1. The van der Waals surface area contributed by atoms with Gasteiger partial charge >= 0.3 is 5.97 Å². The van der Waals surface area contributed by atoms with Gasteiger partial charge in [0.1, 0.15) is 9.88 Å². The number of hydrogen-bond donors (Lipinski definition) is 1. The minimum Gasteiger partial charge on any atom is -0.465 e. The number of carbonyl (C=O) groups excluding carboxylic acids is 2. The summed E-state index contributed by atoms with van der Waals surface area (Å²) < 4.78 is 4.73. The zero-order valence-electron chi connectivity index (χ0n) is 14.0. The van der Waals surface area contributed by atoms with Gasteiger partial charge in [0.25, 0.3) is 5.91 Å². The van der Waals surface area contributed by atoms with Gasteiger partial charge in [0.2, 0.25) is 0 Å². The third-order valence-corrected chi connectivity index (χ3v) is 5.84. The maximum atomic E-state index is 12.7. The van der Waals surface area contributed by atoms with Crippen LogP contribution in [0.4, 0.5) is 5.69 Å². The molecule has 0 aliphatic heterocycles. The van der Waals surface area contributed by atoms with Crippen molar-refractivity contribution in [1.29, 1.82) is 0 Å². The number of aryl methyl sites for hydroxylation is 2. The van der Waals surface area contributed by atoms with Crippen molar-refractivity contribution in [3.8, 4) is 9.88 Å². The van der Waals surface area contributed by atoms with Crippen molar-refractivity contribution in [2.24, 2.45) is 0 Å². The van der Waals surface area contributed by atoms with Gasteiger partial charge in [-0.1, -0.05) is 12.1 Å². The maximum absolute atomic E-state index is 12.7. The van der Waals surface area contributed by atoms with Crippen LogP contribution in [0.15, 0.2) is 35.7 Å². The highest BCUT2D eigenvalue weighted by molar-refractivity contribution is 7.22. The highest BCUT2D eigenvalue weighted by Gasteiger charge is 2.18. The molecule has 3 aromatic rings. The smallest absolute Gasteiger partial charge is 0.337 e. The van der Waals surface area contributed by atoms with Gasteiger partial charge in [0, 0.05) is 5.69 Å². The fraction of sp³-hybridized carbons (Fsp3) is 0.167. The van der Waals surface area contributed by atoms with E-state index in [4.69, 9.17) is 4.74 Å². The first-order valence-corrected chi connectivity index (χ1v) is 9.21. The highest BCUT2D eigenvalue weighted by Crippen LogP contribution is 2.31. The molecule has 0 fully saturated rings. The fourth-order valence-electron chi connectivity index (χ4n) is 2.29. The number of rotatable bonds is 4. The summed E-state index contributed by atoms with van der Waals surface area (Å²) in [5.74, 6) is -0.674. The van der Waals surface area contributed by atoms with E-state index in [1.807, 2.05) is 31.4 Å². The monoisotopic (exact) mass is 372 g/mol. The number of carbonyl (C=O) groups is 2. The Bertz CT molecular complexity index is 930. The van der Waals surface area contributed by atoms with Crippen molar-refractivity contribution in [3.05, 3.63) is 57.4 Å². The molecule has 1 N–H and O–H groups in total. The molecule has 25 heavy (non-hydrogen) atoms. The molecule has 128 valence electrons. The van der Waals surface area contributed by atoms with Crippen molar-refractivity contribution >= 4 is 40.2 Å². The summed E-state index contributed by atoms with van der Waals surface area (Å²) in [4.78, 5) is 30.4. The molecule has 0 spiro atoms. The molecule has 0 aliphatic rings. The SMILES string of the molecule is COC(=O)c1ccc(C)c(NC(=O)c2sc(-c3cccs3)nc2C)c1.